The molecule has 0 spiro atoms. The number of halogens is 6. The number of nitrogens with zero attached hydrogens (tertiary/aromatic N) is 1. The van der Waals surface area contributed by atoms with Gasteiger partial charge in [-0.1, -0.05) is 0 Å². The highest BCUT2D eigenvalue weighted by molar-refractivity contribution is 5.82. The van der Waals surface area contributed by atoms with E-state index in [1.165, 1.54) is 4.90 Å². The number of rotatable bonds is 5. The minimum absolute atomic E-state index is 0.0638. The molecule has 0 unspecified atom stereocenters. The summed E-state index contributed by atoms with van der Waals surface area (Å²) in [5, 5.41) is 2.67. The maximum Gasteiger partial charge on any atom is 0.416 e. The molecule has 2 aliphatic heterocycles. The first-order chi connectivity index (χ1) is 15.4. The standard InChI is InChI=1S/C21H22F6N2O4/c22-20(23,24)11-1-4-13(5-2-11)32-10-17(30)28-12-3-6-16(33-9-12)19(31)29-7-14-15(8-29)18(14)21(25,26)27/h1-2,4-5,12,14-16,18H,3,6-10H2,(H,28,30)/t12-,14-,15+,16+,18+/m0/s1. The van der Waals surface area contributed by atoms with Gasteiger partial charge in [-0.25, -0.2) is 0 Å². The van der Waals surface area contributed by atoms with Crippen LogP contribution >= 0.6 is 0 Å². The van der Waals surface area contributed by atoms with Crippen LogP contribution in [-0.2, 0) is 20.5 Å². The summed E-state index contributed by atoms with van der Waals surface area (Å²) in [6.45, 7) is -0.153. The smallest absolute Gasteiger partial charge is 0.416 e. The van der Waals surface area contributed by atoms with Crippen molar-refractivity contribution in [1.29, 1.82) is 0 Å². The van der Waals surface area contributed by atoms with Gasteiger partial charge >= 0.3 is 12.4 Å². The Hall–Kier alpha value is -2.50. The highest BCUT2D eigenvalue weighted by Crippen LogP contribution is 2.59. The molecule has 182 valence electrons. The zero-order chi connectivity index (χ0) is 24.0. The number of benzene rings is 1. The number of likely N-dealkylation sites (tertiary alicyclic amines) is 1. The van der Waals surface area contributed by atoms with E-state index in [1.54, 1.807) is 0 Å². The summed E-state index contributed by atoms with van der Waals surface area (Å²) >= 11 is 0. The molecule has 1 aliphatic carbocycles. The summed E-state index contributed by atoms with van der Waals surface area (Å²) in [6, 6.07) is 3.57. The van der Waals surface area contributed by atoms with E-state index in [2.05, 4.69) is 5.32 Å². The Labute approximate surface area is 185 Å². The Kier molecular flexibility index (Phi) is 6.23. The van der Waals surface area contributed by atoms with E-state index in [0.717, 1.165) is 24.3 Å². The first kappa shape index (κ1) is 23.7. The van der Waals surface area contributed by atoms with E-state index in [0.29, 0.717) is 12.8 Å². The van der Waals surface area contributed by atoms with Gasteiger partial charge in [0.05, 0.1) is 24.1 Å². The number of hydrogen-bond donors (Lipinski definition) is 1. The summed E-state index contributed by atoms with van der Waals surface area (Å²) in [7, 11) is 0. The zero-order valence-electron chi connectivity index (χ0n) is 17.3. The first-order valence-electron chi connectivity index (χ1n) is 10.5. The van der Waals surface area contributed by atoms with Crippen LogP contribution in [0.5, 0.6) is 5.75 Å². The van der Waals surface area contributed by atoms with E-state index in [1.807, 2.05) is 0 Å². The molecule has 1 N–H and O–H groups in total. The molecule has 6 nitrogen and oxygen atoms in total. The van der Waals surface area contributed by atoms with E-state index >= 15 is 0 Å². The number of alkyl halides is 6. The second-order valence-electron chi connectivity index (χ2n) is 8.61. The Morgan fingerprint density at radius 2 is 1.67 bits per heavy atom. The van der Waals surface area contributed by atoms with Gasteiger partial charge < -0.3 is 19.7 Å². The van der Waals surface area contributed by atoms with Crippen LogP contribution in [0.4, 0.5) is 26.3 Å². The number of fused-ring (bicyclic) bond motifs is 1. The molecule has 3 fully saturated rings. The molecule has 1 aromatic rings. The summed E-state index contributed by atoms with van der Waals surface area (Å²) < 4.78 is 86.8. The van der Waals surface area contributed by atoms with E-state index in [9.17, 15) is 35.9 Å². The Morgan fingerprint density at radius 3 is 2.18 bits per heavy atom. The van der Waals surface area contributed by atoms with Crippen LogP contribution in [0.3, 0.4) is 0 Å². The molecule has 12 heteroatoms. The average Bonchev–Trinajstić information content (AvgIpc) is 3.28. The molecule has 5 atom stereocenters. The van der Waals surface area contributed by atoms with Crippen molar-refractivity contribution in [3.8, 4) is 5.75 Å². The molecular formula is C21H22F6N2O4. The zero-order valence-corrected chi connectivity index (χ0v) is 17.3. The minimum Gasteiger partial charge on any atom is -0.484 e. The SMILES string of the molecule is O=C(COc1ccc(C(F)(F)F)cc1)N[C@H]1CC[C@H](C(=O)N2C[C@@H]3[C@H](C2)[C@H]3C(F)(F)F)OC1. The third-order valence-electron chi connectivity index (χ3n) is 6.35. The molecule has 2 saturated heterocycles. The lowest BCUT2D eigenvalue weighted by Gasteiger charge is -2.32. The highest BCUT2D eigenvalue weighted by atomic mass is 19.4. The lowest BCUT2D eigenvalue weighted by molar-refractivity contribution is -0.162. The Balaban J connectivity index is 1.15. The number of carbonyl (C=O) groups is 2. The molecule has 33 heavy (non-hydrogen) atoms. The Bertz CT molecular complexity index is 868. The summed E-state index contributed by atoms with van der Waals surface area (Å²) in [6.07, 6.45) is -8.67. The molecule has 4 rings (SSSR count). The van der Waals surface area contributed by atoms with E-state index in [-0.39, 0.29) is 37.4 Å². The largest absolute Gasteiger partial charge is 0.484 e. The lowest BCUT2D eigenvalue weighted by Crippen LogP contribution is -2.49. The van der Waals surface area contributed by atoms with Gasteiger partial charge in [-0.3, -0.25) is 9.59 Å². The molecule has 1 aromatic carbocycles. The van der Waals surface area contributed by atoms with Crippen LogP contribution in [0, 0.1) is 17.8 Å². The lowest BCUT2D eigenvalue weighted by atomic mass is 10.0. The number of carbonyl (C=O) groups excluding carboxylic acids is 2. The van der Waals surface area contributed by atoms with Gasteiger partial charge in [0.15, 0.2) is 6.61 Å². The van der Waals surface area contributed by atoms with Crippen molar-refractivity contribution < 1.29 is 45.4 Å². The molecule has 2 heterocycles. The maximum atomic E-state index is 12.8. The quantitative estimate of drug-likeness (QED) is 0.659. The third kappa shape index (κ3) is 5.36. The van der Waals surface area contributed by atoms with Crippen molar-refractivity contribution in [3.63, 3.8) is 0 Å². The van der Waals surface area contributed by atoms with Crippen molar-refractivity contribution >= 4 is 11.8 Å². The summed E-state index contributed by atoms with van der Waals surface area (Å²) in [4.78, 5) is 26.0. The number of ether oxygens (including phenoxy) is 2. The predicted octanol–water partition coefficient (Wildman–Crippen LogP) is 3.01. The van der Waals surface area contributed by atoms with Gasteiger partial charge in [0.2, 0.25) is 0 Å². The van der Waals surface area contributed by atoms with Crippen molar-refractivity contribution in [2.45, 2.75) is 37.3 Å². The fraction of sp³-hybridized carbons (Fsp3) is 0.619. The van der Waals surface area contributed by atoms with Gasteiger partial charge in [0, 0.05) is 13.1 Å². The van der Waals surface area contributed by atoms with Crippen LogP contribution in [0.25, 0.3) is 0 Å². The van der Waals surface area contributed by atoms with Crippen LogP contribution in [0.2, 0.25) is 0 Å². The molecular weight excluding hydrogens is 458 g/mol. The maximum absolute atomic E-state index is 12.8. The Morgan fingerprint density at radius 1 is 1.03 bits per heavy atom. The number of nitrogens with one attached hydrogen (secondary N) is 1. The van der Waals surface area contributed by atoms with Crippen molar-refractivity contribution in [2.75, 3.05) is 26.3 Å². The second-order valence-corrected chi connectivity index (χ2v) is 8.61. The van der Waals surface area contributed by atoms with E-state index < -0.39 is 54.3 Å². The van der Waals surface area contributed by atoms with Crippen LogP contribution in [0.15, 0.2) is 24.3 Å². The van der Waals surface area contributed by atoms with Gasteiger partial charge in [-0.05, 0) is 48.9 Å². The normalized spacial score (nSPS) is 29.4. The number of amides is 2. The van der Waals surface area contributed by atoms with Gasteiger partial charge in [0.1, 0.15) is 11.9 Å². The average molecular weight is 480 g/mol. The monoisotopic (exact) mass is 480 g/mol. The van der Waals surface area contributed by atoms with E-state index in [4.69, 9.17) is 9.47 Å². The van der Waals surface area contributed by atoms with Gasteiger partial charge in [0.25, 0.3) is 11.8 Å². The molecule has 0 bridgehead atoms. The minimum atomic E-state index is -4.46. The second kappa shape index (κ2) is 8.69. The predicted molar refractivity (Wildman–Crippen MR) is 101 cm³/mol. The highest BCUT2D eigenvalue weighted by Gasteiger charge is 2.67. The van der Waals surface area contributed by atoms with Crippen molar-refractivity contribution in [2.24, 2.45) is 17.8 Å². The molecule has 1 saturated carbocycles. The molecule has 2 amide bonds. The topological polar surface area (TPSA) is 67.9 Å². The fourth-order valence-corrected chi connectivity index (χ4v) is 4.61. The van der Waals surface area contributed by atoms with Crippen molar-refractivity contribution in [1.82, 2.24) is 10.2 Å². The van der Waals surface area contributed by atoms with Crippen molar-refractivity contribution in [3.05, 3.63) is 29.8 Å². The molecule has 0 radical (unpaired) electrons. The summed E-state index contributed by atoms with van der Waals surface area (Å²) in [5.74, 6) is -3.05. The molecule has 3 aliphatic rings. The fourth-order valence-electron chi connectivity index (χ4n) is 4.61. The first-order valence-corrected chi connectivity index (χ1v) is 10.5. The number of hydrogen-bond acceptors (Lipinski definition) is 4. The number of piperidine rings is 1. The molecule has 0 aromatic heterocycles. The van der Waals surface area contributed by atoms with Crippen LogP contribution in [-0.4, -0.2) is 61.3 Å². The van der Waals surface area contributed by atoms with Crippen LogP contribution < -0.4 is 10.1 Å². The van der Waals surface area contributed by atoms with Gasteiger partial charge in [-0.15, -0.1) is 0 Å². The summed E-state index contributed by atoms with van der Waals surface area (Å²) in [5.41, 5.74) is -0.825. The van der Waals surface area contributed by atoms with Crippen LogP contribution in [0.1, 0.15) is 18.4 Å². The third-order valence-corrected chi connectivity index (χ3v) is 6.35. The van der Waals surface area contributed by atoms with Gasteiger partial charge in [-0.2, -0.15) is 26.3 Å².